The lowest BCUT2D eigenvalue weighted by molar-refractivity contribution is -0.126. The summed E-state index contributed by atoms with van der Waals surface area (Å²) < 4.78 is 5.53. The van der Waals surface area contributed by atoms with Crippen LogP contribution in [0.5, 0.6) is 0 Å². The van der Waals surface area contributed by atoms with Gasteiger partial charge in [-0.1, -0.05) is 12.8 Å². The van der Waals surface area contributed by atoms with Crippen LogP contribution in [-0.4, -0.2) is 75.6 Å². The van der Waals surface area contributed by atoms with Crippen LogP contribution in [0.2, 0.25) is 0 Å². The van der Waals surface area contributed by atoms with Crippen LogP contribution in [0.4, 0.5) is 0 Å². The van der Waals surface area contributed by atoms with Crippen LogP contribution in [0, 0.1) is 17.8 Å². The lowest BCUT2D eigenvalue weighted by Crippen LogP contribution is -2.63. The van der Waals surface area contributed by atoms with Crippen LogP contribution in [0.15, 0.2) is 0 Å². The highest BCUT2D eigenvalue weighted by molar-refractivity contribution is 5.78. The Balaban J connectivity index is 1.12. The van der Waals surface area contributed by atoms with Gasteiger partial charge < -0.3 is 15.0 Å². The predicted molar refractivity (Wildman–Crippen MR) is 128 cm³/mol. The highest BCUT2D eigenvalue weighted by atomic mass is 16.5. The molecule has 32 heavy (non-hydrogen) atoms. The van der Waals surface area contributed by atoms with E-state index >= 15 is 0 Å². The van der Waals surface area contributed by atoms with E-state index < -0.39 is 0 Å². The van der Waals surface area contributed by atoms with E-state index in [1.165, 1.54) is 64.5 Å². The zero-order chi connectivity index (χ0) is 22.2. The van der Waals surface area contributed by atoms with Crippen molar-refractivity contribution >= 4 is 5.91 Å². The normalized spacial score (nSPS) is 37.2. The number of likely N-dealkylation sites (tertiary alicyclic amines) is 1. The Bertz CT molecular complexity index is 555. The van der Waals surface area contributed by atoms with Crippen LogP contribution >= 0.6 is 0 Å². The summed E-state index contributed by atoms with van der Waals surface area (Å²) >= 11 is 0. The molecule has 0 bridgehead atoms. The van der Waals surface area contributed by atoms with Crippen molar-refractivity contribution in [1.29, 1.82) is 0 Å². The number of piperidine rings is 1. The molecular weight excluding hydrogens is 402 g/mol. The van der Waals surface area contributed by atoms with Crippen molar-refractivity contribution in [3.63, 3.8) is 0 Å². The fourth-order valence-electron chi connectivity index (χ4n) is 6.41. The number of nitrogens with zero attached hydrogens (tertiary/aromatic N) is 1. The third-order valence-electron chi connectivity index (χ3n) is 8.51. The second-order valence-corrected chi connectivity index (χ2v) is 10.7. The van der Waals surface area contributed by atoms with Crippen molar-refractivity contribution in [3.8, 4) is 0 Å². The molecule has 0 aromatic rings. The predicted octanol–water partition coefficient (Wildman–Crippen LogP) is 2.03. The van der Waals surface area contributed by atoms with Gasteiger partial charge in [-0.3, -0.25) is 20.7 Å². The fraction of sp³-hybridized carbons (Fsp3) is 0.960. The molecule has 7 nitrogen and oxygen atoms in total. The molecule has 4 aliphatic rings. The maximum atomic E-state index is 12.7. The number of ether oxygens (including phenoxy) is 1. The van der Waals surface area contributed by atoms with Crippen LogP contribution in [0.1, 0.15) is 70.6 Å². The molecule has 2 atom stereocenters. The lowest BCUT2D eigenvalue weighted by atomic mass is 9.78. The average molecular weight is 450 g/mol. The first-order chi connectivity index (χ1) is 15.7. The molecule has 2 unspecified atom stereocenters. The third kappa shape index (κ3) is 7.13. The van der Waals surface area contributed by atoms with E-state index in [0.717, 1.165) is 57.3 Å². The van der Waals surface area contributed by atoms with Crippen molar-refractivity contribution in [2.45, 2.75) is 89.1 Å². The Hall–Kier alpha value is -0.730. The van der Waals surface area contributed by atoms with Crippen LogP contribution < -0.4 is 21.3 Å². The second-order valence-electron chi connectivity index (χ2n) is 10.7. The van der Waals surface area contributed by atoms with E-state index in [-0.39, 0.29) is 18.1 Å². The average Bonchev–Trinajstić information content (AvgIpc) is 2.85. The van der Waals surface area contributed by atoms with Crippen molar-refractivity contribution in [1.82, 2.24) is 26.2 Å². The van der Waals surface area contributed by atoms with Gasteiger partial charge in [0.2, 0.25) is 5.91 Å². The molecule has 1 amide bonds. The minimum Gasteiger partial charge on any atom is -0.381 e. The minimum atomic E-state index is 0.162. The van der Waals surface area contributed by atoms with Crippen molar-refractivity contribution < 1.29 is 9.53 Å². The van der Waals surface area contributed by atoms with Gasteiger partial charge in [0.15, 0.2) is 0 Å². The van der Waals surface area contributed by atoms with Crippen LogP contribution in [0.25, 0.3) is 0 Å². The van der Waals surface area contributed by atoms with E-state index in [1.807, 2.05) is 7.11 Å². The molecule has 184 valence electrons. The third-order valence-corrected chi connectivity index (χ3v) is 8.51. The Morgan fingerprint density at radius 3 is 2.41 bits per heavy atom. The summed E-state index contributed by atoms with van der Waals surface area (Å²) in [5, 5.41) is 14.4. The highest BCUT2D eigenvalue weighted by Crippen LogP contribution is 2.32. The van der Waals surface area contributed by atoms with E-state index in [0.29, 0.717) is 12.1 Å². The molecule has 4 N–H and O–H groups in total. The summed E-state index contributed by atoms with van der Waals surface area (Å²) in [6.45, 7) is 6.36. The first-order valence-corrected chi connectivity index (χ1v) is 13.5. The van der Waals surface area contributed by atoms with E-state index in [9.17, 15) is 4.79 Å². The van der Waals surface area contributed by atoms with Crippen LogP contribution in [0.3, 0.4) is 0 Å². The second kappa shape index (κ2) is 12.7. The molecule has 2 saturated heterocycles. The van der Waals surface area contributed by atoms with Crippen molar-refractivity contribution in [2.24, 2.45) is 17.8 Å². The molecule has 2 aliphatic carbocycles. The van der Waals surface area contributed by atoms with Gasteiger partial charge in [0, 0.05) is 45.2 Å². The zero-order valence-corrected chi connectivity index (χ0v) is 20.2. The van der Waals surface area contributed by atoms with E-state index in [2.05, 4.69) is 26.2 Å². The monoisotopic (exact) mass is 449 g/mol. The molecule has 7 heteroatoms. The number of carbonyl (C=O) groups is 1. The SMILES string of the molecule is COC1CCC(C2CNC(NC3CCCC(C(=O)NCCN4CCCCC4)C3)NC2)CC1. The van der Waals surface area contributed by atoms with E-state index in [4.69, 9.17) is 4.74 Å². The number of hydrogen-bond acceptors (Lipinski definition) is 6. The minimum absolute atomic E-state index is 0.162. The molecule has 4 rings (SSSR count). The van der Waals surface area contributed by atoms with Gasteiger partial charge in [-0.05, 0) is 82.7 Å². The van der Waals surface area contributed by atoms with Gasteiger partial charge in [0.1, 0.15) is 6.29 Å². The molecule has 0 spiro atoms. The van der Waals surface area contributed by atoms with Gasteiger partial charge >= 0.3 is 0 Å². The number of methoxy groups -OCH3 is 1. The van der Waals surface area contributed by atoms with Gasteiger partial charge in [-0.15, -0.1) is 0 Å². The Labute approximate surface area is 195 Å². The number of hydrogen-bond donors (Lipinski definition) is 4. The summed E-state index contributed by atoms with van der Waals surface area (Å²) in [6, 6.07) is 0.417. The van der Waals surface area contributed by atoms with Crippen LogP contribution in [-0.2, 0) is 9.53 Å². The zero-order valence-electron chi connectivity index (χ0n) is 20.2. The molecule has 2 aliphatic heterocycles. The maximum absolute atomic E-state index is 12.7. The molecular formula is C25H47N5O2. The summed E-state index contributed by atoms with van der Waals surface area (Å²) in [4.78, 5) is 15.2. The van der Waals surface area contributed by atoms with Gasteiger partial charge in [-0.2, -0.15) is 0 Å². The lowest BCUT2D eigenvalue weighted by Gasteiger charge is -2.40. The Morgan fingerprint density at radius 2 is 1.69 bits per heavy atom. The smallest absolute Gasteiger partial charge is 0.223 e. The summed E-state index contributed by atoms with van der Waals surface area (Å²) in [5.74, 6) is 1.96. The molecule has 2 heterocycles. The summed E-state index contributed by atoms with van der Waals surface area (Å²) in [7, 11) is 1.85. The number of nitrogens with one attached hydrogen (secondary N) is 4. The summed E-state index contributed by atoms with van der Waals surface area (Å²) in [5.41, 5.74) is 0. The highest BCUT2D eigenvalue weighted by Gasteiger charge is 2.33. The Kier molecular flexibility index (Phi) is 9.65. The van der Waals surface area contributed by atoms with Crippen molar-refractivity contribution in [2.75, 3.05) is 46.4 Å². The Morgan fingerprint density at radius 1 is 0.938 bits per heavy atom. The molecule has 0 aromatic heterocycles. The van der Waals surface area contributed by atoms with Crippen molar-refractivity contribution in [3.05, 3.63) is 0 Å². The van der Waals surface area contributed by atoms with Gasteiger partial charge in [-0.25, -0.2) is 0 Å². The maximum Gasteiger partial charge on any atom is 0.223 e. The number of rotatable bonds is 8. The standard InChI is InChI=1S/C25H47N5O2/c1-32-23-10-8-19(9-11-23)21-17-27-25(28-18-21)29-22-7-5-6-20(16-22)24(31)26-12-15-30-13-3-2-4-14-30/h19-23,25,27-29H,2-18H2,1H3,(H,26,31). The van der Waals surface area contributed by atoms with Gasteiger partial charge in [0.25, 0.3) is 0 Å². The first-order valence-electron chi connectivity index (χ1n) is 13.5. The topological polar surface area (TPSA) is 77.7 Å². The number of carbonyl (C=O) groups excluding carboxylic acids is 1. The molecule has 0 radical (unpaired) electrons. The molecule has 2 saturated carbocycles. The molecule has 4 fully saturated rings. The summed E-state index contributed by atoms with van der Waals surface area (Å²) in [6.07, 6.45) is 13.9. The number of amides is 1. The first kappa shape index (κ1) is 24.4. The quantitative estimate of drug-likeness (QED) is 0.454. The van der Waals surface area contributed by atoms with Gasteiger partial charge in [0.05, 0.1) is 6.10 Å². The largest absolute Gasteiger partial charge is 0.381 e. The van der Waals surface area contributed by atoms with E-state index in [1.54, 1.807) is 0 Å². The fourth-order valence-corrected chi connectivity index (χ4v) is 6.41. The molecule has 0 aromatic carbocycles.